The first-order valence-electron chi connectivity index (χ1n) is 7.59. The van der Waals surface area contributed by atoms with E-state index in [1.54, 1.807) is 7.11 Å². The van der Waals surface area contributed by atoms with Gasteiger partial charge in [0.2, 0.25) is 0 Å². The van der Waals surface area contributed by atoms with Crippen molar-refractivity contribution in [2.45, 2.75) is 51.7 Å². The molecule has 1 N–H and O–H groups in total. The molecule has 0 bridgehead atoms. The van der Waals surface area contributed by atoms with E-state index in [9.17, 15) is 0 Å². The fourth-order valence-corrected chi connectivity index (χ4v) is 2.47. The number of aryl methyl sites for hydroxylation is 1. The Bertz CT molecular complexity index is 427. The van der Waals surface area contributed by atoms with Gasteiger partial charge < -0.3 is 14.8 Å². The normalized spacial score (nSPS) is 16.4. The summed E-state index contributed by atoms with van der Waals surface area (Å²) in [5.74, 6) is 1.49. The molecule has 0 radical (unpaired) electrons. The van der Waals surface area contributed by atoms with Gasteiger partial charge in [-0.15, -0.1) is 0 Å². The molecule has 1 aliphatic rings. The van der Waals surface area contributed by atoms with Crippen LogP contribution >= 0.6 is 0 Å². The molecule has 0 heterocycles. The molecule has 0 saturated heterocycles. The average molecular weight is 277 g/mol. The van der Waals surface area contributed by atoms with Gasteiger partial charge >= 0.3 is 0 Å². The minimum atomic E-state index is 0.0740. The van der Waals surface area contributed by atoms with E-state index in [-0.39, 0.29) is 6.10 Å². The van der Waals surface area contributed by atoms with Crippen LogP contribution in [0.3, 0.4) is 0 Å². The predicted molar refractivity (Wildman–Crippen MR) is 82.6 cm³/mol. The molecule has 1 aromatic rings. The highest BCUT2D eigenvalue weighted by molar-refractivity contribution is 5.36. The Labute approximate surface area is 122 Å². The van der Waals surface area contributed by atoms with Gasteiger partial charge in [0, 0.05) is 19.7 Å². The van der Waals surface area contributed by atoms with Gasteiger partial charge in [-0.1, -0.05) is 19.9 Å². The minimum Gasteiger partial charge on any atom is -0.487 e. The highest BCUT2D eigenvalue weighted by Gasteiger charge is 2.22. The summed E-state index contributed by atoms with van der Waals surface area (Å²) in [7, 11) is 1.72. The molecule has 3 heteroatoms. The number of ether oxygens (including phenoxy) is 2. The second kappa shape index (κ2) is 7.09. The van der Waals surface area contributed by atoms with E-state index in [0.29, 0.717) is 18.6 Å². The third-order valence-corrected chi connectivity index (χ3v) is 3.73. The predicted octanol–water partition coefficient (Wildman–Crippen LogP) is 3.26. The summed E-state index contributed by atoms with van der Waals surface area (Å²) in [5, 5.41) is 3.50. The van der Waals surface area contributed by atoms with Crippen LogP contribution < -0.4 is 10.1 Å². The van der Waals surface area contributed by atoms with E-state index >= 15 is 0 Å². The third-order valence-electron chi connectivity index (χ3n) is 3.73. The van der Waals surface area contributed by atoms with E-state index in [1.165, 1.54) is 24.0 Å². The van der Waals surface area contributed by atoms with Crippen molar-refractivity contribution < 1.29 is 9.47 Å². The highest BCUT2D eigenvalue weighted by atomic mass is 16.5. The van der Waals surface area contributed by atoms with Gasteiger partial charge in [0.1, 0.15) is 11.9 Å². The maximum Gasteiger partial charge on any atom is 0.134 e. The van der Waals surface area contributed by atoms with Gasteiger partial charge in [-0.25, -0.2) is 0 Å². The zero-order chi connectivity index (χ0) is 14.5. The Morgan fingerprint density at radius 1 is 1.30 bits per heavy atom. The fourth-order valence-electron chi connectivity index (χ4n) is 2.47. The Balaban J connectivity index is 1.95. The van der Waals surface area contributed by atoms with Crippen LogP contribution in [0.2, 0.25) is 0 Å². The molecule has 2 rings (SSSR count). The Kier molecular flexibility index (Phi) is 5.44. The van der Waals surface area contributed by atoms with Crippen LogP contribution in [0.5, 0.6) is 5.75 Å². The number of rotatable bonds is 8. The topological polar surface area (TPSA) is 30.5 Å². The lowest BCUT2D eigenvalue weighted by molar-refractivity contribution is 0.0803. The van der Waals surface area contributed by atoms with E-state index < -0.39 is 0 Å². The number of hydrogen-bond acceptors (Lipinski definition) is 3. The van der Waals surface area contributed by atoms with Crippen LogP contribution in [-0.4, -0.2) is 32.4 Å². The van der Waals surface area contributed by atoms with Crippen molar-refractivity contribution in [2.24, 2.45) is 0 Å². The molecule has 112 valence electrons. The molecule has 1 unspecified atom stereocenters. The summed E-state index contributed by atoms with van der Waals surface area (Å²) in [5.41, 5.74) is 2.68. The number of methoxy groups -OCH3 is 1. The molecule has 0 aliphatic heterocycles. The van der Waals surface area contributed by atoms with Crippen molar-refractivity contribution in [2.75, 3.05) is 20.3 Å². The van der Waals surface area contributed by atoms with E-state index in [2.05, 4.69) is 44.3 Å². The van der Waals surface area contributed by atoms with E-state index in [1.807, 2.05) is 0 Å². The van der Waals surface area contributed by atoms with Gasteiger partial charge in [0.25, 0.3) is 0 Å². The third kappa shape index (κ3) is 4.50. The van der Waals surface area contributed by atoms with Gasteiger partial charge in [-0.05, 0) is 48.9 Å². The molecule has 0 amide bonds. The SMILES string of the molecule is COCC(CNC1CC1)Oc1ccc(C(C)C)c(C)c1. The largest absolute Gasteiger partial charge is 0.487 e. The summed E-state index contributed by atoms with van der Waals surface area (Å²) < 4.78 is 11.3. The van der Waals surface area contributed by atoms with Crippen molar-refractivity contribution in [1.82, 2.24) is 5.32 Å². The van der Waals surface area contributed by atoms with Crippen molar-refractivity contribution in [3.05, 3.63) is 29.3 Å². The number of hydrogen-bond donors (Lipinski definition) is 1. The van der Waals surface area contributed by atoms with Crippen LogP contribution in [0.15, 0.2) is 18.2 Å². The second-order valence-corrected chi connectivity index (χ2v) is 6.05. The van der Waals surface area contributed by atoms with Crippen LogP contribution in [-0.2, 0) is 4.74 Å². The van der Waals surface area contributed by atoms with Gasteiger partial charge in [-0.3, -0.25) is 0 Å². The lowest BCUT2D eigenvalue weighted by Crippen LogP contribution is -2.35. The zero-order valence-corrected chi connectivity index (χ0v) is 13.1. The summed E-state index contributed by atoms with van der Waals surface area (Å²) >= 11 is 0. The van der Waals surface area contributed by atoms with Gasteiger partial charge in [-0.2, -0.15) is 0 Å². The van der Waals surface area contributed by atoms with Crippen LogP contribution in [0.4, 0.5) is 0 Å². The van der Waals surface area contributed by atoms with Gasteiger partial charge in [0.05, 0.1) is 6.61 Å². The Hall–Kier alpha value is -1.06. The number of benzene rings is 1. The minimum absolute atomic E-state index is 0.0740. The van der Waals surface area contributed by atoms with Crippen LogP contribution in [0, 0.1) is 6.92 Å². The molecule has 1 saturated carbocycles. The highest BCUT2D eigenvalue weighted by Crippen LogP contribution is 2.24. The lowest BCUT2D eigenvalue weighted by atomic mass is 9.98. The summed E-state index contributed by atoms with van der Waals surface area (Å²) in [6.07, 6.45) is 2.66. The Morgan fingerprint density at radius 2 is 2.05 bits per heavy atom. The fraction of sp³-hybridized carbons (Fsp3) is 0.647. The first-order valence-corrected chi connectivity index (χ1v) is 7.59. The molecule has 0 aromatic heterocycles. The maximum atomic E-state index is 6.06. The first-order chi connectivity index (χ1) is 9.60. The quantitative estimate of drug-likeness (QED) is 0.791. The molecule has 0 spiro atoms. The smallest absolute Gasteiger partial charge is 0.134 e. The molecule has 1 aromatic carbocycles. The summed E-state index contributed by atoms with van der Waals surface area (Å²) in [6.45, 7) is 8.05. The van der Waals surface area contributed by atoms with Crippen molar-refractivity contribution >= 4 is 0 Å². The zero-order valence-electron chi connectivity index (χ0n) is 13.1. The van der Waals surface area contributed by atoms with Crippen molar-refractivity contribution in [1.29, 1.82) is 0 Å². The molecular weight excluding hydrogens is 250 g/mol. The van der Waals surface area contributed by atoms with Crippen molar-refractivity contribution in [3.8, 4) is 5.75 Å². The summed E-state index contributed by atoms with van der Waals surface area (Å²) in [6, 6.07) is 7.08. The van der Waals surface area contributed by atoms with E-state index in [4.69, 9.17) is 9.47 Å². The number of nitrogens with one attached hydrogen (secondary N) is 1. The summed E-state index contributed by atoms with van der Waals surface area (Å²) in [4.78, 5) is 0. The second-order valence-electron chi connectivity index (χ2n) is 6.05. The molecular formula is C17H27NO2. The molecule has 20 heavy (non-hydrogen) atoms. The first kappa shape index (κ1) is 15.3. The molecule has 1 atom stereocenters. The van der Waals surface area contributed by atoms with Gasteiger partial charge in [0.15, 0.2) is 0 Å². The standard InChI is InChI=1S/C17H27NO2/c1-12(2)17-8-7-15(9-13(17)3)20-16(11-19-4)10-18-14-5-6-14/h7-9,12,14,16,18H,5-6,10-11H2,1-4H3. The molecule has 3 nitrogen and oxygen atoms in total. The van der Waals surface area contributed by atoms with E-state index in [0.717, 1.165) is 12.3 Å². The maximum absolute atomic E-state index is 6.06. The molecule has 1 aliphatic carbocycles. The van der Waals surface area contributed by atoms with Crippen LogP contribution in [0.25, 0.3) is 0 Å². The monoisotopic (exact) mass is 277 g/mol. The Morgan fingerprint density at radius 3 is 2.60 bits per heavy atom. The average Bonchev–Trinajstić information content (AvgIpc) is 3.20. The van der Waals surface area contributed by atoms with Crippen molar-refractivity contribution in [3.63, 3.8) is 0 Å². The molecule has 1 fully saturated rings. The lowest BCUT2D eigenvalue weighted by Gasteiger charge is -2.20. The van der Waals surface area contributed by atoms with Crippen LogP contribution in [0.1, 0.15) is 43.7 Å².